The number of nitrogens with zero attached hydrogens (tertiary/aromatic N) is 3. The smallest absolute Gasteiger partial charge is 0.336 e. The number of pyridine rings is 1. The average Bonchev–Trinajstić information content (AvgIpc) is 2.55. The highest BCUT2D eigenvalue weighted by atomic mass is 16.6. The van der Waals surface area contributed by atoms with Crippen LogP contribution in [0.3, 0.4) is 0 Å². The van der Waals surface area contributed by atoms with E-state index < -0.39 is 43.6 Å². The largest absolute Gasteiger partial charge is 0.863 e. The standard InChI is InChI=1S/C6H3N3O7.C6H5NO2.H2O/c10-6-4(8(13)14)1-3(7(11)12)2-5(6)9(15)16;8-6(9)5-1-3-7-4-2-5;/h1-2,10H;1-4H,(H,8,9);1H2. The fourth-order valence-electron chi connectivity index (χ4n) is 1.49. The van der Waals surface area contributed by atoms with Crippen LogP contribution in [0, 0.1) is 30.3 Å². The fourth-order valence-corrected chi connectivity index (χ4v) is 1.49. The third-order valence-electron chi connectivity index (χ3n) is 2.60. The molecule has 14 nitrogen and oxygen atoms in total. The molecule has 0 saturated carbocycles. The van der Waals surface area contributed by atoms with Gasteiger partial charge >= 0.3 is 5.97 Å². The topological polar surface area (TPSA) is 235 Å². The minimum absolute atomic E-state index is 0. The zero-order valence-electron chi connectivity index (χ0n) is 12.5. The molecular weight excluding hydrogens is 360 g/mol. The number of hydrogen-bond donors (Lipinski definition) is 1. The van der Waals surface area contributed by atoms with Crippen LogP contribution in [0.2, 0.25) is 0 Å². The molecule has 26 heavy (non-hydrogen) atoms. The van der Waals surface area contributed by atoms with Crippen LogP contribution in [-0.2, 0) is 0 Å². The molecule has 1 aromatic carbocycles. The fraction of sp³-hybridized carbons (Fsp3) is 0. The minimum Gasteiger partial charge on any atom is -0.863 e. The van der Waals surface area contributed by atoms with Crippen molar-refractivity contribution in [3.8, 4) is 5.75 Å². The molecule has 0 saturated heterocycles. The molecule has 0 radical (unpaired) electrons. The second-order valence-corrected chi connectivity index (χ2v) is 4.18. The van der Waals surface area contributed by atoms with E-state index in [1.54, 1.807) is 12.4 Å². The molecule has 0 unspecified atom stereocenters. The zero-order valence-corrected chi connectivity index (χ0v) is 12.5. The van der Waals surface area contributed by atoms with Crippen LogP contribution in [0.1, 0.15) is 10.4 Å². The van der Waals surface area contributed by atoms with Gasteiger partial charge in [-0.15, -0.1) is 0 Å². The van der Waals surface area contributed by atoms with Gasteiger partial charge in [0.05, 0.1) is 38.2 Å². The summed E-state index contributed by atoms with van der Waals surface area (Å²) in [6.45, 7) is 0. The lowest BCUT2D eigenvalue weighted by molar-refractivity contribution is -0.420. The van der Waals surface area contributed by atoms with E-state index in [2.05, 4.69) is 4.98 Å². The van der Waals surface area contributed by atoms with Gasteiger partial charge in [-0.2, -0.15) is 0 Å². The van der Waals surface area contributed by atoms with Crippen LogP contribution in [0.4, 0.5) is 17.1 Å². The Morgan fingerprint density at radius 1 is 0.923 bits per heavy atom. The third-order valence-corrected chi connectivity index (χ3v) is 2.60. The number of aromatic carboxylic acids is 1. The number of aromatic amines is 1. The summed E-state index contributed by atoms with van der Waals surface area (Å²) in [5.41, 5.74) is -2.96. The van der Waals surface area contributed by atoms with Crippen molar-refractivity contribution in [1.82, 2.24) is 0 Å². The van der Waals surface area contributed by atoms with E-state index in [4.69, 9.17) is 5.11 Å². The summed E-state index contributed by atoms with van der Waals surface area (Å²) in [7, 11) is 0. The molecule has 0 fully saturated rings. The molecule has 2 rings (SSSR count). The Morgan fingerprint density at radius 3 is 1.62 bits per heavy atom. The molecular formula is C12H10N4O10. The summed E-state index contributed by atoms with van der Waals surface area (Å²) in [5.74, 6) is -2.36. The second kappa shape index (κ2) is 9.18. The van der Waals surface area contributed by atoms with Gasteiger partial charge in [0.1, 0.15) is 0 Å². The van der Waals surface area contributed by atoms with Crippen LogP contribution in [0.15, 0.2) is 36.7 Å². The Kier molecular flexibility index (Phi) is 7.70. The molecule has 0 aliphatic rings. The minimum atomic E-state index is -1.46. The maximum atomic E-state index is 11.1. The van der Waals surface area contributed by atoms with Crippen molar-refractivity contribution in [3.63, 3.8) is 0 Å². The molecule has 0 bridgehead atoms. The Balaban J connectivity index is 0.000000532. The molecule has 138 valence electrons. The van der Waals surface area contributed by atoms with Crippen LogP contribution in [-0.4, -0.2) is 31.3 Å². The van der Waals surface area contributed by atoms with Crippen molar-refractivity contribution in [2.45, 2.75) is 0 Å². The summed E-state index contributed by atoms with van der Waals surface area (Å²) >= 11 is 0. The van der Waals surface area contributed by atoms with E-state index in [-0.39, 0.29) is 5.48 Å². The number of nitro groups is 3. The molecule has 0 aliphatic carbocycles. The SMILES string of the molecule is O.O=C(O)c1cc[nH+]cc1.O=[N+]([O-])c1cc([N+](=O)[O-])c([O-])c([N+](=O)[O-])c1. The maximum Gasteiger partial charge on any atom is 0.336 e. The van der Waals surface area contributed by atoms with Crippen molar-refractivity contribution >= 4 is 23.0 Å². The normalized spacial score (nSPS) is 9.08. The van der Waals surface area contributed by atoms with Gasteiger partial charge in [-0.1, -0.05) is 0 Å². The number of nitro benzene ring substituents is 3. The first-order valence-electron chi connectivity index (χ1n) is 6.12. The van der Waals surface area contributed by atoms with Gasteiger partial charge in [-0.05, 0) is 0 Å². The zero-order chi connectivity index (χ0) is 19.1. The first-order valence-corrected chi connectivity index (χ1v) is 6.12. The third kappa shape index (κ3) is 5.46. The van der Waals surface area contributed by atoms with Crippen molar-refractivity contribution in [3.05, 3.63) is 72.6 Å². The van der Waals surface area contributed by atoms with E-state index in [0.29, 0.717) is 17.7 Å². The molecule has 2 aromatic rings. The molecule has 0 aliphatic heterocycles. The monoisotopic (exact) mass is 370 g/mol. The predicted octanol–water partition coefficient (Wildman–Crippen LogP) is -0.141. The summed E-state index contributed by atoms with van der Waals surface area (Å²) in [5, 5.41) is 50.5. The molecule has 1 heterocycles. The summed E-state index contributed by atoms with van der Waals surface area (Å²) < 4.78 is 0. The number of benzene rings is 1. The van der Waals surface area contributed by atoms with Gasteiger partial charge in [-0.25, -0.2) is 9.78 Å². The lowest BCUT2D eigenvalue weighted by Crippen LogP contribution is -2.04. The number of carboxylic acid groups (broad SMARTS) is 1. The van der Waals surface area contributed by atoms with E-state index in [9.17, 15) is 40.2 Å². The van der Waals surface area contributed by atoms with Gasteiger partial charge in [-0.3, -0.25) is 30.3 Å². The van der Waals surface area contributed by atoms with Gasteiger partial charge in [0.25, 0.3) is 17.1 Å². The summed E-state index contributed by atoms with van der Waals surface area (Å²) in [4.78, 5) is 40.4. The van der Waals surface area contributed by atoms with E-state index in [0.717, 1.165) is 0 Å². The number of non-ortho nitro benzene ring substituents is 1. The molecule has 0 spiro atoms. The summed E-state index contributed by atoms with van der Waals surface area (Å²) in [6.07, 6.45) is 3.15. The Morgan fingerprint density at radius 2 is 1.35 bits per heavy atom. The van der Waals surface area contributed by atoms with Crippen LogP contribution >= 0.6 is 0 Å². The number of nitrogens with one attached hydrogen (secondary N) is 1. The molecule has 14 heteroatoms. The number of carboxylic acids is 1. The number of H-pyrrole nitrogens is 1. The molecule has 0 atom stereocenters. The first-order chi connectivity index (χ1) is 11.6. The van der Waals surface area contributed by atoms with E-state index in [1.165, 1.54) is 12.1 Å². The van der Waals surface area contributed by atoms with Crippen LogP contribution in [0.25, 0.3) is 0 Å². The van der Waals surface area contributed by atoms with Gasteiger partial charge in [0, 0.05) is 12.1 Å². The van der Waals surface area contributed by atoms with Gasteiger partial charge in [0.15, 0.2) is 12.4 Å². The van der Waals surface area contributed by atoms with Crippen molar-refractivity contribution in [2.75, 3.05) is 0 Å². The number of carbonyl (C=O) groups is 1. The van der Waals surface area contributed by atoms with Gasteiger partial charge in [0.2, 0.25) is 0 Å². The number of rotatable bonds is 4. The van der Waals surface area contributed by atoms with Crippen molar-refractivity contribution in [1.29, 1.82) is 0 Å². The highest BCUT2D eigenvalue weighted by Gasteiger charge is 2.24. The Labute approximate surface area is 142 Å². The predicted molar refractivity (Wildman–Crippen MR) is 79.4 cm³/mol. The van der Waals surface area contributed by atoms with E-state index >= 15 is 0 Å². The van der Waals surface area contributed by atoms with Crippen molar-refractivity contribution in [2.24, 2.45) is 0 Å². The Hall–Kier alpha value is -4.20. The number of aromatic nitrogens is 1. The highest BCUT2D eigenvalue weighted by molar-refractivity contribution is 5.87. The number of hydrogen-bond acceptors (Lipinski definition) is 8. The van der Waals surface area contributed by atoms with Crippen LogP contribution in [0.5, 0.6) is 5.75 Å². The second-order valence-electron chi connectivity index (χ2n) is 4.18. The van der Waals surface area contributed by atoms with Crippen LogP contribution < -0.4 is 10.1 Å². The van der Waals surface area contributed by atoms with E-state index in [1.807, 2.05) is 0 Å². The molecule has 4 N–H and O–H groups in total. The quantitative estimate of drug-likeness (QED) is 0.555. The lowest BCUT2D eigenvalue weighted by atomic mass is 10.2. The Bertz CT molecular complexity index is 804. The highest BCUT2D eigenvalue weighted by Crippen LogP contribution is 2.36. The molecule has 0 amide bonds. The average molecular weight is 370 g/mol. The molecule has 1 aromatic heterocycles. The summed E-state index contributed by atoms with van der Waals surface area (Å²) in [6, 6.07) is 3.77. The lowest BCUT2D eigenvalue weighted by Gasteiger charge is -2.06. The first kappa shape index (κ1) is 21.8. The van der Waals surface area contributed by atoms with Crippen molar-refractivity contribution < 1.29 is 40.2 Å². The van der Waals surface area contributed by atoms with Gasteiger partial charge < -0.3 is 15.7 Å². The maximum absolute atomic E-state index is 11.1.